The van der Waals surface area contributed by atoms with Gasteiger partial charge < -0.3 is 14.2 Å². The Kier molecular flexibility index (Phi) is 6.03. The van der Waals surface area contributed by atoms with Crippen molar-refractivity contribution < 1.29 is 14.2 Å². The van der Waals surface area contributed by atoms with Crippen LogP contribution in [0.2, 0.25) is 0 Å². The first-order valence-electron chi connectivity index (χ1n) is 10.8. The summed E-state index contributed by atoms with van der Waals surface area (Å²) in [6.07, 6.45) is 0. The van der Waals surface area contributed by atoms with Crippen molar-refractivity contribution in [2.45, 2.75) is 0 Å². The fraction of sp³-hybridized carbons (Fsp3) is 0. The van der Waals surface area contributed by atoms with Crippen LogP contribution in [0, 0.1) is 0 Å². The maximum absolute atomic E-state index is 6.21. The number of ether oxygens (including phenoxy) is 3. The predicted octanol–water partition coefficient (Wildman–Crippen LogP) is 8.73. The van der Waals surface area contributed by atoms with Crippen LogP contribution >= 0.6 is 0 Å². The average molecular weight is 431 g/mol. The first-order valence-corrected chi connectivity index (χ1v) is 10.8. The fourth-order valence-electron chi connectivity index (χ4n) is 3.47. The van der Waals surface area contributed by atoms with Crippen molar-refractivity contribution in [2.24, 2.45) is 0 Å². The summed E-state index contributed by atoms with van der Waals surface area (Å²) in [7, 11) is 0. The molecule has 33 heavy (non-hydrogen) atoms. The van der Waals surface area contributed by atoms with Crippen LogP contribution in [0.25, 0.3) is 11.1 Å². The molecule has 0 unspecified atom stereocenters. The molecule has 5 aromatic carbocycles. The van der Waals surface area contributed by atoms with Gasteiger partial charge in [-0.05, 0) is 59.7 Å². The van der Waals surface area contributed by atoms with E-state index in [1.54, 1.807) is 0 Å². The zero-order valence-corrected chi connectivity index (χ0v) is 17.9. The van der Waals surface area contributed by atoms with Crippen molar-refractivity contribution in [3.63, 3.8) is 0 Å². The van der Waals surface area contributed by atoms with Crippen molar-refractivity contribution in [3.8, 4) is 45.6 Å². The summed E-state index contributed by atoms with van der Waals surface area (Å²) < 4.78 is 18.3. The lowest BCUT2D eigenvalue weighted by molar-refractivity contribution is 0.415. The van der Waals surface area contributed by atoms with Gasteiger partial charge in [0, 0.05) is 6.07 Å². The predicted molar refractivity (Wildman–Crippen MR) is 131 cm³/mol. The molecule has 3 heteroatoms. The summed E-state index contributed by atoms with van der Waals surface area (Å²) in [5.41, 5.74) is 2.24. The molecule has 0 aliphatic rings. The molecular formula is C30H22O3. The molecule has 0 bridgehead atoms. The second-order valence-corrected chi connectivity index (χ2v) is 7.43. The minimum atomic E-state index is 0.625. The number of hydrogen-bond acceptors (Lipinski definition) is 3. The molecule has 0 spiro atoms. The summed E-state index contributed by atoms with van der Waals surface area (Å²) in [4.78, 5) is 0. The zero-order chi connectivity index (χ0) is 22.3. The van der Waals surface area contributed by atoms with Gasteiger partial charge in [-0.25, -0.2) is 0 Å². The lowest BCUT2D eigenvalue weighted by atomic mass is 10.1. The van der Waals surface area contributed by atoms with E-state index in [9.17, 15) is 0 Å². The molecule has 0 N–H and O–H groups in total. The van der Waals surface area contributed by atoms with Gasteiger partial charge >= 0.3 is 0 Å². The van der Waals surface area contributed by atoms with Crippen molar-refractivity contribution in [1.82, 2.24) is 0 Å². The molecule has 0 heterocycles. The molecule has 0 amide bonds. The first kappa shape index (κ1) is 20.4. The summed E-state index contributed by atoms with van der Waals surface area (Å²) in [5, 5.41) is 0. The van der Waals surface area contributed by atoms with Crippen LogP contribution in [0.1, 0.15) is 0 Å². The van der Waals surface area contributed by atoms with Crippen LogP contribution in [-0.4, -0.2) is 0 Å². The van der Waals surface area contributed by atoms with Crippen LogP contribution in [0.15, 0.2) is 133 Å². The van der Waals surface area contributed by atoms with Crippen LogP contribution in [0.5, 0.6) is 34.5 Å². The van der Waals surface area contributed by atoms with Gasteiger partial charge in [-0.1, -0.05) is 78.9 Å². The number of para-hydroxylation sites is 3. The van der Waals surface area contributed by atoms with E-state index in [4.69, 9.17) is 14.2 Å². The third-order valence-electron chi connectivity index (χ3n) is 5.03. The van der Waals surface area contributed by atoms with E-state index in [-0.39, 0.29) is 0 Å². The van der Waals surface area contributed by atoms with Crippen LogP contribution in [0.4, 0.5) is 0 Å². The summed E-state index contributed by atoms with van der Waals surface area (Å²) in [6, 6.07) is 43.1. The second kappa shape index (κ2) is 9.75. The molecule has 160 valence electrons. The van der Waals surface area contributed by atoms with E-state index < -0.39 is 0 Å². The lowest BCUT2D eigenvalue weighted by Crippen LogP contribution is -1.91. The molecule has 3 nitrogen and oxygen atoms in total. The normalized spacial score (nSPS) is 10.4. The van der Waals surface area contributed by atoms with E-state index in [1.807, 2.05) is 115 Å². The molecule has 0 fully saturated rings. The Bertz CT molecular complexity index is 1330. The molecule has 0 aromatic heterocycles. The SMILES string of the molecule is c1ccc(Oc2cccc(Oc3ccccc3Oc3cccc(-c4ccccc4)c3)c2)cc1. The highest BCUT2D eigenvalue weighted by atomic mass is 16.5. The van der Waals surface area contributed by atoms with Crippen LogP contribution in [-0.2, 0) is 0 Å². The average Bonchev–Trinajstić information content (AvgIpc) is 2.87. The Morgan fingerprint density at radius 1 is 0.303 bits per heavy atom. The number of benzene rings is 5. The van der Waals surface area contributed by atoms with Gasteiger partial charge in [-0.15, -0.1) is 0 Å². The van der Waals surface area contributed by atoms with E-state index >= 15 is 0 Å². The quantitative estimate of drug-likeness (QED) is 0.258. The molecule has 0 radical (unpaired) electrons. The van der Waals surface area contributed by atoms with Gasteiger partial charge in [0.2, 0.25) is 0 Å². The highest BCUT2D eigenvalue weighted by Gasteiger charge is 2.09. The largest absolute Gasteiger partial charge is 0.457 e. The molecule has 0 aliphatic heterocycles. The molecule has 0 aliphatic carbocycles. The van der Waals surface area contributed by atoms with Gasteiger partial charge in [0.1, 0.15) is 23.0 Å². The van der Waals surface area contributed by atoms with E-state index in [0.717, 1.165) is 22.6 Å². The minimum Gasteiger partial charge on any atom is -0.457 e. The fourth-order valence-corrected chi connectivity index (χ4v) is 3.47. The molecular weight excluding hydrogens is 408 g/mol. The van der Waals surface area contributed by atoms with Crippen molar-refractivity contribution in [3.05, 3.63) is 133 Å². The van der Waals surface area contributed by atoms with Crippen LogP contribution in [0.3, 0.4) is 0 Å². The summed E-state index contributed by atoms with van der Waals surface area (Å²) in [5.74, 6) is 4.15. The van der Waals surface area contributed by atoms with E-state index in [1.165, 1.54) is 0 Å². The summed E-state index contributed by atoms with van der Waals surface area (Å²) in [6.45, 7) is 0. The third kappa shape index (κ3) is 5.23. The maximum Gasteiger partial charge on any atom is 0.169 e. The zero-order valence-electron chi connectivity index (χ0n) is 17.9. The molecule has 5 rings (SSSR count). The highest BCUT2D eigenvalue weighted by Crippen LogP contribution is 2.36. The second-order valence-electron chi connectivity index (χ2n) is 7.43. The van der Waals surface area contributed by atoms with Crippen LogP contribution < -0.4 is 14.2 Å². The van der Waals surface area contributed by atoms with Gasteiger partial charge in [-0.2, -0.15) is 0 Å². The topological polar surface area (TPSA) is 27.7 Å². The van der Waals surface area contributed by atoms with Gasteiger partial charge in [0.05, 0.1) is 0 Å². The van der Waals surface area contributed by atoms with Gasteiger partial charge in [0.15, 0.2) is 11.5 Å². The van der Waals surface area contributed by atoms with Gasteiger partial charge in [0.25, 0.3) is 0 Å². The lowest BCUT2D eigenvalue weighted by Gasteiger charge is -2.14. The monoisotopic (exact) mass is 430 g/mol. The summed E-state index contributed by atoms with van der Waals surface area (Å²) >= 11 is 0. The minimum absolute atomic E-state index is 0.625. The highest BCUT2D eigenvalue weighted by molar-refractivity contribution is 5.65. The number of hydrogen-bond donors (Lipinski definition) is 0. The third-order valence-corrected chi connectivity index (χ3v) is 5.03. The van der Waals surface area contributed by atoms with Crippen molar-refractivity contribution >= 4 is 0 Å². The molecule has 5 aromatic rings. The Balaban J connectivity index is 1.36. The molecule has 0 saturated carbocycles. The number of rotatable bonds is 7. The molecule has 0 atom stereocenters. The smallest absolute Gasteiger partial charge is 0.169 e. The maximum atomic E-state index is 6.21. The Hall–Kier alpha value is -4.50. The first-order chi connectivity index (χ1) is 16.3. The van der Waals surface area contributed by atoms with E-state index in [2.05, 4.69) is 18.2 Å². The Morgan fingerprint density at radius 3 is 1.42 bits per heavy atom. The van der Waals surface area contributed by atoms with Gasteiger partial charge in [-0.3, -0.25) is 0 Å². The molecule has 0 saturated heterocycles. The Morgan fingerprint density at radius 2 is 0.758 bits per heavy atom. The Labute approximate surface area is 193 Å². The standard InChI is InChI=1S/C30H22O3/c1-3-11-23(12-4-1)24-13-9-16-26(21-24)32-29-19-7-8-20-30(29)33-28-18-10-17-27(22-28)31-25-14-5-2-6-15-25/h1-22H. The van der Waals surface area contributed by atoms with Crippen molar-refractivity contribution in [1.29, 1.82) is 0 Å². The van der Waals surface area contributed by atoms with E-state index in [0.29, 0.717) is 23.0 Å². The van der Waals surface area contributed by atoms with Crippen molar-refractivity contribution in [2.75, 3.05) is 0 Å².